The van der Waals surface area contributed by atoms with Gasteiger partial charge in [-0.15, -0.1) is 0 Å². The lowest BCUT2D eigenvalue weighted by atomic mass is 9.82. The predicted molar refractivity (Wildman–Crippen MR) is 285 cm³/mol. The molecule has 0 N–H and O–H groups in total. The summed E-state index contributed by atoms with van der Waals surface area (Å²) in [6, 6.07) is 93.1. The number of hydrogen-bond donors (Lipinski definition) is 0. The van der Waals surface area contributed by atoms with Crippen LogP contribution in [0.1, 0.15) is 25.0 Å². The van der Waals surface area contributed by atoms with Gasteiger partial charge in [-0.1, -0.05) is 208 Å². The number of rotatable bonds is 9. The minimum Gasteiger partial charge on any atom is -0.310 e. The molecule has 0 atom stereocenters. The van der Waals surface area contributed by atoms with E-state index in [-0.39, 0.29) is 5.41 Å². The van der Waals surface area contributed by atoms with Crippen molar-refractivity contribution in [2.45, 2.75) is 19.3 Å². The zero-order valence-corrected chi connectivity index (χ0v) is 37.6. The van der Waals surface area contributed by atoms with Gasteiger partial charge in [-0.3, -0.25) is 0 Å². The van der Waals surface area contributed by atoms with Crippen LogP contribution in [0.25, 0.3) is 66.1 Å². The third kappa shape index (κ3) is 7.06. The number of fused-ring (bicyclic) bond motifs is 5. The Bertz CT molecular complexity index is 3590. The maximum Gasteiger partial charge on any atom is 0.0546 e. The number of benzene rings is 11. The fourth-order valence-electron chi connectivity index (χ4n) is 10.5. The van der Waals surface area contributed by atoms with E-state index >= 15 is 0 Å². The maximum atomic E-state index is 2.42. The molecule has 12 rings (SSSR count). The molecule has 0 unspecified atom stereocenters. The van der Waals surface area contributed by atoms with Gasteiger partial charge in [-0.05, 0) is 127 Å². The Labute approximate surface area is 393 Å². The van der Waals surface area contributed by atoms with Gasteiger partial charge in [-0.2, -0.15) is 0 Å². The zero-order chi connectivity index (χ0) is 44.9. The van der Waals surface area contributed by atoms with Crippen molar-refractivity contribution in [3.8, 4) is 44.5 Å². The van der Waals surface area contributed by atoms with Crippen LogP contribution in [0.4, 0.5) is 34.1 Å². The highest BCUT2D eigenvalue weighted by Crippen LogP contribution is 2.51. The number of anilines is 6. The molecule has 0 radical (unpaired) electrons. The second kappa shape index (κ2) is 16.5. The topological polar surface area (TPSA) is 6.48 Å². The second-order valence-corrected chi connectivity index (χ2v) is 18.1. The third-order valence-electron chi connectivity index (χ3n) is 13.8. The van der Waals surface area contributed by atoms with Gasteiger partial charge in [0.2, 0.25) is 0 Å². The zero-order valence-electron chi connectivity index (χ0n) is 37.6. The Balaban J connectivity index is 0.918. The minimum atomic E-state index is -0.103. The first-order chi connectivity index (χ1) is 33.0. The van der Waals surface area contributed by atoms with E-state index in [1.807, 2.05) is 0 Å². The van der Waals surface area contributed by atoms with Crippen molar-refractivity contribution in [2.24, 2.45) is 0 Å². The molecule has 0 aromatic heterocycles. The summed E-state index contributed by atoms with van der Waals surface area (Å²) in [6.45, 7) is 4.70. The van der Waals surface area contributed by atoms with Crippen molar-refractivity contribution in [3.05, 3.63) is 266 Å². The number of hydrogen-bond acceptors (Lipinski definition) is 2. The average molecular weight is 857 g/mol. The molecule has 1 aliphatic carbocycles. The molecule has 0 bridgehead atoms. The van der Waals surface area contributed by atoms with Crippen LogP contribution in [0.5, 0.6) is 0 Å². The summed E-state index contributed by atoms with van der Waals surface area (Å²) in [5.74, 6) is 0. The smallest absolute Gasteiger partial charge is 0.0546 e. The molecule has 2 heteroatoms. The quantitative estimate of drug-likeness (QED) is 0.143. The summed E-state index contributed by atoms with van der Waals surface area (Å²) < 4.78 is 0. The average Bonchev–Trinajstić information content (AvgIpc) is 3.62. The highest BCUT2D eigenvalue weighted by Gasteiger charge is 2.36. The van der Waals surface area contributed by atoms with Gasteiger partial charge in [0.15, 0.2) is 0 Å². The minimum absolute atomic E-state index is 0.103. The van der Waals surface area contributed by atoms with Crippen molar-refractivity contribution in [3.63, 3.8) is 0 Å². The number of para-hydroxylation sites is 2. The predicted octanol–water partition coefficient (Wildman–Crippen LogP) is 18.2. The molecule has 1 aliphatic rings. The van der Waals surface area contributed by atoms with Crippen molar-refractivity contribution in [1.82, 2.24) is 0 Å². The summed E-state index contributed by atoms with van der Waals surface area (Å²) in [5.41, 5.74) is 19.1. The molecule has 0 saturated carbocycles. The first-order valence-electron chi connectivity index (χ1n) is 23.3. The Morgan fingerprint density at radius 2 is 0.791 bits per heavy atom. The molecule has 0 spiro atoms. The summed E-state index contributed by atoms with van der Waals surface area (Å²) in [4.78, 5) is 4.84. The van der Waals surface area contributed by atoms with Crippen molar-refractivity contribution in [1.29, 1.82) is 0 Å². The SMILES string of the molecule is CC1(C)c2ccccc2-c2ccc(N(c3ccccc3)c3ccccc3-c3ccc(-c4ccc(N(c5ccc6ccccc6c5)c5ccc6ccccc6c5-c5ccccc5)cc4)cc3)cc21. The largest absolute Gasteiger partial charge is 0.310 e. The van der Waals surface area contributed by atoms with Gasteiger partial charge in [-0.25, -0.2) is 0 Å². The molecule has 0 aliphatic heterocycles. The van der Waals surface area contributed by atoms with Crippen LogP contribution in [0.2, 0.25) is 0 Å². The summed E-state index contributed by atoms with van der Waals surface area (Å²) in [5, 5.41) is 4.88. The normalized spacial score (nSPS) is 12.4. The van der Waals surface area contributed by atoms with Crippen molar-refractivity contribution in [2.75, 3.05) is 9.80 Å². The Hall–Kier alpha value is -8.46. The van der Waals surface area contributed by atoms with E-state index in [1.165, 1.54) is 66.1 Å². The Morgan fingerprint density at radius 3 is 1.57 bits per heavy atom. The lowest BCUT2D eigenvalue weighted by molar-refractivity contribution is 0.660. The molecule has 0 amide bonds. The lowest BCUT2D eigenvalue weighted by Crippen LogP contribution is -2.16. The van der Waals surface area contributed by atoms with E-state index in [0.29, 0.717) is 0 Å². The van der Waals surface area contributed by atoms with E-state index in [0.717, 1.165) is 45.3 Å². The lowest BCUT2D eigenvalue weighted by Gasteiger charge is -2.30. The molecular weight excluding hydrogens is 809 g/mol. The molecule has 67 heavy (non-hydrogen) atoms. The fourth-order valence-corrected chi connectivity index (χ4v) is 10.5. The standard InChI is InChI=1S/C65H48N2/c1-65(2)60-27-15-13-26-58(60)59-41-40-55(44-61(59)65)66(52-22-7-4-8-23-52)62-28-16-14-24-56(62)49-31-29-46(30-32-49)47-33-37-53(38-34-47)67(54-39-35-45-17-9-10-21-51(45)43-54)63-42-36-48-18-11-12-25-57(48)64(63)50-19-5-3-6-20-50/h3-44H,1-2H3. The van der Waals surface area contributed by atoms with Crippen LogP contribution < -0.4 is 9.80 Å². The van der Waals surface area contributed by atoms with Gasteiger partial charge < -0.3 is 9.80 Å². The van der Waals surface area contributed by atoms with Crippen LogP contribution >= 0.6 is 0 Å². The van der Waals surface area contributed by atoms with Gasteiger partial charge in [0.1, 0.15) is 0 Å². The summed E-state index contributed by atoms with van der Waals surface area (Å²) >= 11 is 0. The molecule has 318 valence electrons. The maximum absolute atomic E-state index is 2.42. The van der Waals surface area contributed by atoms with E-state index in [1.54, 1.807) is 0 Å². The Kier molecular flexibility index (Phi) is 9.88. The molecule has 2 nitrogen and oxygen atoms in total. The third-order valence-corrected chi connectivity index (χ3v) is 13.8. The van der Waals surface area contributed by atoms with Crippen LogP contribution in [0.15, 0.2) is 255 Å². The fraction of sp³-hybridized carbons (Fsp3) is 0.0462. The van der Waals surface area contributed by atoms with E-state index in [4.69, 9.17) is 0 Å². The Morgan fingerprint density at radius 1 is 0.284 bits per heavy atom. The van der Waals surface area contributed by atoms with E-state index < -0.39 is 0 Å². The molecule has 11 aromatic carbocycles. The van der Waals surface area contributed by atoms with Gasteiger partial charge in [0.05, 0.1) is 11.4 Å². The first kappa shape index (κ1) is 40.1. The van der Waals surface area contributed by atoms with Gasteiger partial charge in [0, 0.05) is 39.3 Å². The van der Waals surface area contributed by atoms with E-state index in [2.05, 4.69) is 278 Å². The van der Waals surface area contributed by atoms with Gasteiger partial charge in [0.25, 0.3) is 0 Å². The summed E-state index contributed by atoms with van der Waals surface area (Å²) in [6.07, 6.45) is 0. The van der Waals surface area contributed by atoms with Crippen LogP contribution in [0, 0.1) is 0 Å². The molecule has 0 heterocycles. The van der Waals surface area contributed by atoms with E-state index in [9.17, 15) is 0 Å². The highest BCUT2D eigenvalue weighted by atomic mass is 15.1. The molecule has 0 saturated heterocycles. The highest BCUT2D eigenvalue weighted by molar-refractivity contribution is 6.06. The molecule has 11 aromatic rings. The van der Waals surface area contributed by atoms with Crippen LogP contribution in [-0.2, 0) is 5.41 Å². The second-order valence-electron chi connectivity index (χ2n) is 18.1. The number of nitrogens with zero attached hydrogens (tertiary/aromatic N) is 2. The molecule has 0 fully saturated rings. The van der Waals surface area contributed by atoms with Crippen LogP contribution in [0.3, 0.4) is 0 Å². The molecular formula is C65H48N2. The van der Waals surface area contributed by atoms with Gasteiger partial charge >= 0.3 is 0 Å². The monoisotopic (exact) mass is 856 g/mol. The van der Waals surface area contributed by atoms with Crippen LogP contribution in [-0.4, -0.2) is 0 Å². The van der Waals surface area contributed by atoms with Crippen molar-refractivity contribution >= 4 is 55.7 Å². The summed E-state index contributed by atoms with van der Waals surface area (Å²) in [7, 11) is 0. The van der Waals surface area contributed by atoms with Crippen molar-refractivity contribution < 1.29 is 0 Å². The first-order valence-corrected chi connectivity index (χ1v) is 23.3.